The quantitative estimate of drug-likeness (QED) is 0.880. The Balaban J connectivity index is 1.73. The zero-order valence-electron chi connectivity index (χ0n) is 12.5. The lowest BCUT2D eigenvalue weighted by atomic mass is 9.71. The van der Waals surface area contributed by atoms with E-state index in [0.717, 1.165) is 18.4 Å². The summed E-state index contributed by atoms with van der Waals surface area (Å²) in [5.74, 6) is 0.00159. The molecule has 0 aliphatic heterocycles. The van der Waals surface area contributed by atoms with Crippen LogP contribution in [0.2, 0.25) is 0 Å². The Bertz CT molecular complexity index is 499. The van der Waals surface area contributed by atoms with E-state index in [1.807, 2.05) is 0 Å². The Morgan fingerprint density at radius 2 is 1.60 bits per heavy atom. The van der Waals surface area contributed by atoms with E-state index in [4.69, 9.17) is 0 Å². The molecule has 0 aromatic heterocycles. The normalized spacial score (nSPS) is 24.3. The molecular weight excluding hydrogens is 248 g/mol. The first-order valence-electron chi connectivity index (χ1n) is 7.77. The summed E-state index contributed by atoms with van der Waals surface area (Å²) < 4.78 is 0. The first kappa shape index (κ1) is 13.7. The predicted octanol–water partition coefficient (Wildman–Crippen LogP) is 4.49. The first-order valence-corrected chi connectivity index (χ1v) is 7.77. The minimum atomic E-state index is -0.662. The number of hydrogen-bond donors (Lipinski definition) is 1. The van der Waals surface area contributed by atoms with Crippen molar-refractivity contribution in [1.82, 2.24) is 0 Å². The van der Waals surface area contributed by atoms with Crippen LogP contribution in [0, 0.1) is 5.41 Å². The van der Waals surface area contributed by atoms with Crippen LogP contribution in [0.4, 0.5) is 0 Å². The van der Waals surface area contributed by atoms with Crippen LogP contribution in [0.5, 0.6) is 0 Å². The van der Waals surface area contributed by atoms with E-state index < -0.39 is 11.4 Å². The van der Waals surface area contributed by atoms with Crippen molar-refractivity contribution < 1.29 is 9.90 Å². The van der Waals surface area contributed by atoms with Crippen LogP contribution in [-0.2, 0) is 10.2 Å². The van der Waals surface area contributed by atoms with Gasteiger partial charge in [0.25, 0.3) is 0 Å². The van der Waals surface area contributed by atoms with Crippen LogP contribution in [-0.4, -0.2) is 11.1 Å². The number of hydrogen-bond acceptors (Lipinski definition) is 1. The molecule has 1 aromatic carbocycles. The third-order valence-corrected chi connectivity index (χ3v) is 5.43. The van der Waals surface area contributed by atoms with Crippen molar-refractivity contribution in [3.05, 3.63) is 35.4 Å². The van der Waals surface area contributed by atoms with Gasteiger partial charge in [0.2, 0.25) is 0 Å². The number of benzene rings is 1. The van der Waals surface area contributed by atoms with E-state index in [9.17, 15) is 9.90 Å². The number of carboxylic acid groups (broad SMARTS) is 1. The summed E-state index contributed by atoms with van der Waals surface area (Å²) in [6.45, 7) is 4.71. The molecule has 0 radical (unpaired) electrons. The second-order valence-corrected chi connectivity index (χ2v) is 7.45. The van der Waals surface area contributed by atoms with Crippen LogP contribution >= 0.6 is 0 Å². The molecule has 108 valence electrons. The van der Waals surface area contributed by atoms with Crippen LogP contribution < -0.4 is 0 Å². The fourth-order valence-corrected chi connectivity index (χ4v) is 3.56. The molecule has 0 bridgehead atoms. The van der Waals surface area contributed by atoms with Crippen LogP contribution in [0.3, 0.4) is 0 Å². The Morgan fingerprint density at radius 3 is 2.05 bits per heavy atom. The lowest BCUT2D eigenvalue weighted by molar-refractivity contribution is -0.140. The summed E-state index contributed by atoms with van der Waals surface area (Å²) >= 11 is 0. The number of aliphatic carboxylic acids is 1. The van der Waals surface area contributed by atoms with E-state index in [2.05, 4.69) is 38.1 Å². The minimum absolute atomic E-state index is 0.498. The maximum atomic E-state index is 11.3. The second kappa shape index (κ2) is 4.61. The van der Waals surface area contributed by atoms with Gasteiger partial charge in [0.1, 0.15) is 0 Å². The Kier molecular flexibility index (Phi) is 3.15. The van der Waals surface area contributed by atoms with Gasteiger partial charge in [-0.1, -0.05) is 38.1 Å². The first-order chi connectivity index (χ1) is 9.43. The summed E-state index contributed by atoms with van der Waals surface area (Å²) in [7, 11) is 0. The Labute approximate surface area is 121 Å². The average molecular weight is 272 g/mol. The minimum Gasteiger partial charge on any atom is -0.481 e. The van der Waals surface area contributed by atoms with E-state index >= 15 is 0 Å². The highest BCUT2D eigenvalue weighted by molar-refractivity contribution is 5.84. The molecule has 0 amide bonds. The van der Waals surface area contributed by atoms with Crippen molar-refractivity contribution in [3.63, 3.8) is 0 Å². The Morgan fingerprint density at radius 1 is 1.05 bits per heavy atom. The van der Waals surface area contributed by atoms with Gasteiger partial charge in [-0.05, 0) is 61.0 Å². The highest BCUT2D eigenvalue weighted by atomic mass is 16.4. The topological polar surface area (TPSA) is 37.3 Å². The van der Waals surface area contributed by atoms with Gasteiger partial charge in [-0.3, -0.25) is 4.79 Å². The SMILES string of the molecule is CC1(C)CCC(c2ccc(C3(C(=O)O)CC3)cc2)CC1. The van der Waals surface area contributed by atoms with Crippen LogP contribution in [0.15, 0.2) is 24.3 Å². The molecule has 2 nitrogen and oxygen atoms in total. The van der Waals surface area contributed by atoms with Crippen molar-refractivity contribution in [2.75, 3.05) is 0 Å². The molecule has 0 unspecified atom stereocenters. The maximum Gasteiger partial charge on any atom is 0.314 e. The van der Waals surface area contributed by atoms with Crippen LogP contribution in [0.25, 0.3) is 0 Å². The molecule has 20 heavy (non-hydrogen) atoms. The van der Waals surface area contributed by atoms with Gasteiger partial charge in [-0.15, -0.1) is 0 Å². The smallest absolute Gasteiger partial charge is 0.314 e. The molecule has 0 heterocycles. The summed E-state index contributed by atoms with van der Waals surface area (Å²) in [6.07, 6.45) is 6.68. The van der Waals surface area contributed by atoms with Gasteiger partial charge in [0.15, 0.2) is 0 Å². The predicted molar refractivity (Wildman–Crippen MR) is 80.0 cm³/mol. The Hall–Kier alpha value is -1.31. The van der Waals surface area contributed by atoms with Gasteiger partial charge >= 0.3 is 5.97 Å². The van der Waals surface area contributed by atoms with Crippen molar-refractivity contribution >= 4 is 5.97 Å². The third-order valence-electron chi connectivity index (χ3n) is 5.43. The van der Waals surface area contributed by atoms with E-state index in [1.54, 1.807) is 0 Å². The summed E-state index contributed by atoms with van der Waals surface area (Å²) in [5.41, 5.74) is 2.32. The highest BCUT2D eigenvalue weighted by Crippen LogP contribution is 2.49. The van der Waals surface area contributed by atoms with E-state index in [-0.39, 0.29) is 0 Å². The van der Waals surface area contributed by atoms with Gasteiger partial charge < -0.3 is 5.11 Å². The van der Waals surface area contributed by atoms with E-state index in [1.165, 1.54) is 31.2 Å². The highest BCUT2D eigenvalue weighted by Gasteiger charge is 2.51. The molecule has 2 aliphatic carbocycles. The summed E-state index contributed by atoms with van der Waals surface area (Å²) in [6, 6.07) is 8.44. The van der Waals surface area contributed by atoms with Gasteiger partial charge in [-0.25, -0.2) is 0 Å². The number of carbonyl (C=O) groups is 1. The lowest BCUT2D eigenvalue weighted by Crippen LogP contribution is -2.21. The number of rotatable bonds is 3. The molecule has 0 spiro atoms. The second-order valence-electron chi connectivity index (χ2n) is 7.45. The fourth-order valence-electron chi connectivity index (χ4n) is 3.56. The van der Waals surface area contributed by atoms with Gasteiger partial charge in [0, 0.05) is 0 Å². The number of carboxylic acids is 1. The molecule has 2 aliphatic rings. The maximum absolute atomic E-state index is 11.3. The van der Waals surface area contributed by atoms with Crippen molar-refractivity contribution in [2.24, 2.45) is 5.41 Å². The van der Waals surface area contributed by atoms with Crippen molar-refractivity contribution in [3.8, 4) is 0 Å². The van der Waals surface area contributed by atoms with Crippen molar-refractivity contribution in [1.29, 1.82) is 0 Å². The molecule has 1 aromatic rings. The molecule has 3 rings (SSSR count). The molecule has 2 saturated carbocycles. The average Bonchev–Trinajstić information content (AvgIpc) is 3.20. The standard InChI is InChI=1S/C18H24O2/c1-17(2)9-7-14(8-10-17)13-3-5-15(6-4-13)18(11-12-18)16(19)20/h3-6,14H,7-12H2,1-2H3,(H,19,20). The zero-order valence-corrected chi connectivity index (χ0v) is 12.5. The van der Waals surface area contributed by atoms with Crippen LogP contribution in [0.1, 0.15) is 69.4 Å². The zero-order chi connectivity index (χ0) is 14.4. The monoisotopic (exact) mass is 272 g/mol. The molecular formula is C18H24O2. The molecule has 2 fully saturated rings. The molecule has 0 atom stereocenters. The van der Waals surface area contributed by atoms with E-state index in [0.29, 0.717) is 11.3 Å². The summed E-state index contributed by atoms with van der Waals surface area (Å²) in [4.78, 5) is 11.3. The largest absolute Gasteiger partial charge is 0.481 e. The molecule has 0 saturated heterocycles. The lowest BCUT2D eigenvalue weighted by Gasteiger charge is -2.34. The molecule has 2 heteroatoms. The van der Waals surface area contributed by atoms with Gasteiger partial charge in [0.05, 0.1) is 5.41 Å². The fraction of sp³-hybridized carbons (Fsp3) is 0.611. The summed E-state index contributed by atoms with van der Waals surface area (Å²) in [5, 5.41) is 9.33. The molecule has 1 N–H and O–H groups in total. The van der Waals surface area contributed by atoms with Gasteiger partial charge in [-0.2, -0.15) is 0 Å². The van der Waals surface area contributed by atoms with Crippen molar-refractivity contribution in [2.45, 2.75) is 63.7 Å². The third kappa shape index (κ3) is 2.36.